The van der Waals surface area contributed by atoms with Gasteiger partial charge in [0.2, 0.25) is 0 Å². The number of ether oxygens (including phenoxy) is 2. The largest absolute Gasteiger partial charge is 0.461 e. The fourth-order valence-corrected chi connectivity index (χ4v) is 4.58. The van der Waals surface area contributed by atoms with Gasteiger partial charge in [0.05, 0.1) is 23.7 Å². The van der Waals surface area contributed by atoms with E-state index in [4.69, 9.17) is 14.5 Å². The Morgan fingerprint density at radius 2 is 1.81 bits per heavy atom. The van der Waals surface area contributed by atoms with Crippen molar-refractivity contribution in [3.05, 3.63) is 60.2 Å². The molecule has 0 saturated heterocycles. The molecule has 3 rings (SSSR count). The molecule has 0 N–H and O–H groups in total. The topological polar surface area (TPSA) is 73.7 Å². The second kappa shape index (κ2) is 14.5. The summed E-state index contributed by atoms with van der Waals surface area (Å²) in [6.45, 7) is 7.60. The van der Waals surface area contributed by atoms with Gasteiger partial charge in [-0.15, -0.1) is 0 Å². The van der Waals surface area contributed by atoms with Crippen molar-refractivity contribution in [2.45, 2.75) is 70.8 Å². The number of benzene rings is 2. The molecule has 0 bridgehead atoms. The molecule has 8 heteroatoms. The summed E-state index contributed by atoms with van der Waals surface area (Å²) >= 11 is 1.59. The highest BCUT2D eigenvalue weighted by Gasteiger charge is 2.18. The monoisotopic (exact) mass is 511 g/mol. The molecule has 36 heavy (non-hydrogen) atoms. The van der Waals surface area contributed by atoms with Gasteiger partial charge in [0.25, 0.3) is 0 Å². The third-order valence-corrected chi connectivity index (χ3v) is 6.88. The summed E-state index contributed by atoms with van der Waals surface area (Å²) in [5, 5.41) is 0.775. The fourth-order valence-electron chi connectivity index (χ4n) is 3.64. The lowest BCUT2D eigenvalue weighted by atomic mass is 10.2. The standard InChI is InChI=1S/C28H37N3O4S/c1-4-6-18-34-28(33)30(20-23-13-8-7-9-14-23)17-12-19-36-27-29-24-15-10-11-16-25(24)31(27)21-26(32)35-22(3)5-2/h7-11,13-16,22H,4-6,12,17-21H2,1-3H3. The predicted molar refractivity (Wildman–Crippen MR) is 144 cm³/mol. The molecule has 1 heterocycles. The lowest BCUT2D eigenvalue weighted by molar-refractivity contribution is -0.149. The van der Waals surface area contributed by atoms with E-state index in [-0.39, 0.29) is 24.7 Å². The second-order valence-corrected chi connectivity index (χ2v) is 9.82. The van der Waals surface area contributed by atoms with E-state index in [1.54, 1.807) is 16.7 Å². The Balaban J connectivity index is 1.63. The number of imidazole rings is 1. The van der Waals surface area contributed by atoms with Gasteiger partial charge >= 0.3 is 12.1 Å². The summed E-state index contributed by atoms with van der Waals surface area (Å²) in [6.07, 6.45) is 2.98. The van der Waals surface area contributed by atoms with E-state index in [1.807, 2.05) is 73.0 Å². The Hall–Kier alpha value is -3.00. The van der Waals surface area contributed by atoms with Crippen molar-refractivity contribution >= 4 is 34.9 Å². The Bertz CT molecular complexity index is 1100. The molecule has 0 spiro atoms. The summed E-state index contributed by atoms with van der Waals surface area (Å²) in [5.74, 6) is 0.482. The molecule has 1 atom stereocenters. The van der Waals surface area contributed by atoms with E-state index < -0.39 is 0 Å². The molecule has 0 saturated carbocycles. The van der Waals surface area contributed by atoms with Crippen LogP contribution in [0.5, 0.6) is 0 Å². The third-order valence-electron chi connectivity index (χ3n) is 5.82. The molecule has 1 amide bonds. The maximum Gasteiger partial charge on any atom is 0.410 e. The quantitative estimate of drug-likeness (QED) is 0.144. The first kappa shape index (κ1) is 27.6. The van der Waals surface area contributed by atoms with Crippen molar-refractivity contribution in [2.24, 2.45) is 0 Å². The van der Waals surface area contributed by atoms with Gasteiger partial charge in [0.1, 0.15) is 6.54 Å². The second-order valence-electron chi connectivity index (χ2n) is 8.76. The van der Waals surface area contributed by atoms with E-state index in [0.717, 1.165) is 53.2 Å². The summed E-state index contributed by atoms with van der Waals surface area (Å²) in [5.41, 5.74) is 2.83. The molecule has 0 aliphatic carbocycles. The number of unbranched alkanes of at least 4 members (excludes halogenated alkanes) is 1. The molecule has 1 aromatic heterocycles. The summed E-state index contributed by atoms with van der Waals surface area (Å²) in [7, 11) is 0. The number of thioether (sulfide) groups is 1. The van der Waals surface area contributed by atoms with Crippen LogP contribution < -0.4 is 0 Å². The van der Waals surface area contributed by atoms with E-state index in [1.165, 1.54) is 0 Å². The average molecular weight is 512 g/mol. The number of carbonyl (C=O) groups excluding carboxylic acids is 2. The molecule has 3 aromatic rings. The minimum absolute atomic E-state index is 0.115. The van der Waals surface area contributed by atoms with Gasteiger partial charge in [0, 0.05) is 18.8 Å². The van der Waals surface area contributed by atoms with Crippen LogP contribution in [0.25, 0.3) is 11.0 Å². The average Bonchev–Trinajstić information content (AvgIpc) is 3.23. The van der Waals surface area contributed by atoms with Crippen molar-refractivity contribution < 1.29 is 19.1 Å². The lowest BCUT2D eigenvalue weighted by Crippen LogP contribution is -2.32. The zero-order valence-corrected chi connectivity index (χ0v) is 22.3. The van der Waals surface area contributed by atoms with Crippen molar-refractivity contribution in [1.29, 1.82) is 0 Å². The predicted octanol–water partition coefficient (Wildman–Crippen LogP) is 6.30. The first-order valence-corrected chi connectivity index (χ1v) is 13.7. The van der Waals surface area contributed by atoms with Crippen molar-refractivity contribution in [1.82, 2.24) is 14.5 Å². The third kappa shape index (κ3) is 8.29. The molecule has 0 aliphatic rings. The van der Waals surface area contributed by atoms with Crippen LogP contribution in [0.2, 0.25) is 0 Å². The van der Waals surface area contributed by atoms with Crippen LogP contribution in [-0.2, 0) is 27.4 Å². The number of hydrogen-bond donors (Lipinski definition) is 0. The van der Waals surface area contributed by atoms with Gasteiger partial charge in [-0.05, 0) is 43.9 Å². The van der Waals surface area contributed by atoms with Crippen LogP contribution >= 0.6 is 11.8 Å². The minimum Gasteiger partial charge on any atom is -0.461 e. The minimum atomic E-state index is -0.280. The Kier molecular flexibility index (Phi) is 11.1. The normalized spacial score (nSPS) is 11.9. The van der Waals surface area contributed by atoms with Crippen LogP contribution in [0.4, 0.5) is 4.79 Å². The van der Waals surface area contributed by atoms with E-state index >= 15 is 0 Å². The van der Waals surface area contributed by atoms with Crippen LogP contribution in [0.15, 0.2) is 59.8 Å². The number of carbonyl (C=O) groups is 2. The highest BCUT2D eigenvalue weighted by atomic mass is 32.2. The Morgan fingerprint density at radius 1 is 1.06 bits per heavy atom. The number of nitrogens with zero attached hydrogens (tertiary/aromatic N) is 3. The van der Waals surface area contributed by atoms with E-state index in [0.29, 0.717) is 19.7 Å². The number of amides is 1. The molecule has 0 radical (unpaired) electrons. The number of esters is 1. The van der Waals surface area contributed by atoms with Crippen LogP contribution in [0.1, 0.15) is 52.0 Å². The zero-order valence-electron chi connectivity index (χ0n) is 21.5. The molecule has 1 unspecified atom stereocenters. The van der Waals surface area contributed by atoms with Gasteiger partial charge in [-0.3, -0.25) is 4.79 Å². The molecule has 194 valence electrons. The number of rotatable bonds is 14. The van der Waals surface area contributed by atoms with E-state index in [2.05, 4.69) is 6.92 Å². The molecular weight excluding hydrogens is 474 g/mol. The Morgan fingerprint density at radius 3 is 2.56 bits per heavy atom. The molecule has 2 aromatic carbocycles. The fraction of sp³-hybridized carbons (Fsp3) is 0.464. The van der Waals surface area contributed by atoms with E-state index in [9.17, 15) is 9.59 Å². The van der Waals surface area contributed by atoms with Crippen molar-refractivity contribution in [3.8, 4) is 0 Å². The summed E-state index contributed by atoms with van der Waals surface area (Å²) in [6, 6.07) is 17.8. The summed E-state index contributed by atoms with van der Waals surface area (Å²) in [4.78, 5) is 31.7. The smallest absolute Gasteiger partial charge is 0.410 e. The van der Waals surface area contributed by atoms with Crippen LogP contribution in [-0.4, -0.2) is 51.5 Å². The van der Waals surface area contributed by atoms with Gasteiger partial charge in [-0.25, -0.2) is 9.78 Å². The first-order chi connectivity index (χ1) is 17.5. The zero-order chi connectivity index (χ0) is 25.8. The molecule has 7 nitrogen and oxygen atoms in total. The summed E-state index contributed by atoms with van der Waals surface area (Å²) < 4.78 is 12.9. The van der Waals surface area contributed by atoms with Gasteiger partial charge in [-0.2, -0.15) is 0 Å². The first-order valence-electron chi connectivity index (χ1n) is 12.7. The molecule has 0 aliphatic heterocycles. The number of para-hydroxylation sites is 2. The van der Waals surface area contributed by atoms with Gasteiger partial charge < -0.3 is 18.9 Å². The maximum atomic E-state index is 12.7. The van der Waals surface area contributed by atoms with Gasteiger partial charge in [0.15, 0.2) is 5.16 Å². The maximum absolute atomic E-state index is 12.7. The molecule has 0 fully saturated rings. The SMILES string of the molecule is CCCCOC(=O)N(CCCSc1nc2ccccc2n1CC(=O)OC(C)CC)Cc1ccccc1. The van der Waals surface area contributed by atoms with Crippen molar-refractivity contribution in [2.75, 3.05) is 18.9 Å². The molecular formula is C28H37N3O4S. The Labute approximate surface area is 218 Å². The highest BCUT2D eigenvalue weighted by molar-refractivity contribution is 7.99. The highest BCUT2D eigenvalue weighted by Crippen LogP contribution is 2.25. The van der Waals surface area contributed by atoms with Crippen molar-refractivity contribution in [3.63, 3.8) is 0 Å². The number of fused-ring (bicyclic) bond motifs is 1. The van der Waals surface area contributed by atoms with Gasteiger partial charge in [-0.1, -0.05) is 74.5 Å². The number of hydrogen-bond acceptors (Lipinski definition) is 6. The number of aromatic nitrogens is 2. The van der Waals surface area contributed by atoms with Crippen LogP contribution in [0.3, 0.4) is 0 Å². The van der Waals surface area contributed by atoms with Crippen LogP contribution in [0, 0.1) is 0 Å². The lowest BCUT2D eigenvalue weighted by Gasteiger charge is -2.22.